The van der Waals surface area contributed by atoms with Crippen molar-refractivity contribution in [2.45, 2.75) is 32.9 Å². The summed E-state index contributed by atoms with van der Waals surface area (Å²) in [5, 5.41) is 17.9. The SMILES string of the molecule is CCOc1nc(Cl)cc2c1c(NCc1ccccc1)nn2CCCC(=O)O. The summed E-state index contributed by atoms with van der Waals surface area (Å²) < 4.78 is 7.42. The van der Waals surface area contributed by atoms with Crippen molar-refractivity contribution in [3.8, 4) is 5.88 Å². The Labute approximate surface area is 161 Å². The lowest BCUT2D eigenvalue weighted by molar-refractivity contribution is -0.137. The van der Waals surface area contributed by atoms with Crippen molar-refractivity contribution in [1.29, 1.82) is 0 Å². The van der Waals surface area contributed by atoms with Gasteiger partial charge in [0, 0.05) is 25.6 Å². The first kappa shape index (κ1) is 19.0. The average molecular weight is 389 g/mol. The molecule has 2 N–H and O–H groups in total. The van der Waals surface area contributed by atoms with E-state index in [1.165, 1.54) is 0 Å². The minimum absolute atomic E-state index is 0.0747. The number of ether oxygens (including phenoxy) is 1. The Bertz CT molecular complexity index is 928. The van der Waals surface area contributed by atoms with Crippen LogP contribution in [-0.2, 0) is 17.9 Å². The molecule has 0 unspecified atom stereocenters. The molecule has 0 bridgehead atoms. The molecule has 0 saturated carbocycles. The Balaban J connectivity index is 1.95. The third-order valence-corrected chi connectivity index (χ3v) is 4.21. The molecule has 3 rings (SSSR count). The van der Waals surface area contributed by atoms with Crippen LogP contribution in [0.15, 0.2) is 36.4 Å². The zero-order valence-corrected chi connectivity index (χ0v) is 15.7. The van der Waals surface area contributed by atoms with E-state index >= 15 is 0 Å². The normalized spacial score (nSPS) is 10.9. The standard InChI is InChI=1S/C19H21ClN4O3/c1-2-27-19-17-14(11-15(20)22-19)24(10-6-9-16(25)26)23-18(17)21-12-13-7-4-3-5-8-13/h3-5,7-8,11H,2,6,9-10,12H2,1H3,(H,21,23)(H,25,26). The monoisotopic (exact) mass is 388 g/mol. The fraction of sp³-hybridized carbons (Fsp3) is 0.316. The van der Waals surface area contributed by atoms with Gasteiger partial charge < -0.3 is 15.2 Å². The number of fused-ring (bicyclic) bond motifs is 1. The molecule has 2 aromatic heterocycles. The average Bonchev–Trinajstić information content (AvgIpc) is 2.98. The van der Waals surface area contributed by atoms with Crippen molar-refractivity contribution in [2.24, 2.45) is 0 Å². The summed E-state index contributed by atoms with van der Waals surface area (Å²) in [6.45, 7) is 3.38. The van der Waals surface area contributed by atoms with Gasteiger partial charge in [-0.1, -0.05) is 41.9 Å². The number of anilines is 1. The van der Waals surface area contributed by atoms with Crippen molar-refractivity contribution in [3.63, 3.8) is 0 Å². The second kappa shape index (κ2) is 8.73. The van der Waals surface area contributed by atoms with Crippen LogP contribution in [0.5, 0.6) is 5.88 Å². The number of carbonyl (C=O) groups is 1. The number of nitrogens with zero attached hydrogens (tertiary/aromatic N) is 3. The molecule has 0 fully saturated rings. The number of hydrogen-bond donors (Lipinski definition) is 2. The van der Waals surface area contributed by atoms with Gasteiger partial charge in [-0.15, -0.1) is 0 Å². The van der Waals surface area contributed by atoms with E-state index in [1.54, 1.807) is 10.7 Å². The molecule has 0 aliphatic heterocycles. The number of carboxylic acids is 1. The van der Waals surface area contributed by atoms with Crippen LogP contribution in [0.2, 0.25) is 5.15 Å². The second-order valence-electron chi connectivity index (χ2n) is 5.99. The number of benzene rings is 1. The summed E-state index contributed by atoms with van der Waals surface area (Å²) in [5.74, 6) is 0.223. The Morgan fingerprint density at radius 3 is 2.81 bits per heavy atom. The molecule has 8 heteroatoms. The molecule has 0 atom stereocenters. The van der Waals surface area contributed by atoms with Crippen LogP contribution in [0.1, 0.15) is 25.3 Å². The lowest BCUT2D eigenvalue weighted by Gasteiger charge is -2.07. The fourth-order valence-corrected chi connectivity index (χ4v) is 3.01. The summed E-state index contributed by atoms with van der Waals surface area (Å²) in [7, 11) is 0. The highest BCUT2D eigenvalue weighted by Crippen LogP contribution is 2.33. The van der Waals surface area contributed by atoms with Crippen LogP contribution >= 0.6 is 11.6 Å². The van der Waals surface area contributed by atoms with Crippen LogP contribution < -0.4 is 10.1 Å². The fourth-order valence-electron chi connectivity index (χ4n) is 2.83. The third-order valence-electron chi connectivity index (χ3n) is 4.01. The molecule has 0 spiro atoms. The van der Waals surface area contributed by atoms with E-state index in [-0.39, 0.29) is 6.42 Å². The topological polar surface area (TPSA) is 89.3 Å². The maximum absolute atomic E-state index is 10.8. The van der Waals surface area contributed by atoms with Gasteiger partial charge >= 0.3 is 5.97 Å². The van der Waals surface area contributed by atoms with E-state index in [1.807, 2.05) is 37.3 Å². The van der Waals surface area contributed by atoms with Gasteiger partial charge in [-0.2, -0.15) is 5.10 Å². The molecule has 7 nitrogen and oxygen atoms in total. The number of aryl methyl sites for hydroxylation is 1. The summed E-state index contributed by atoms with van der Waals surface area (Å²) in [6, 6.07) is 11.7. The molecule has 1 aromatic carbocycles. The minimum Gasteiger partial charge on any atom is -0.481 e. The second-order valence-corrected chi connectivity index (χ2v) is 6.37. The van der Waals surface area contributed by atoms with Gasteiger partial charge in [-0.25, -0.2) is 4.98 Å². The number of carboxylic acid groups (broad SMARTS) is 1. The third kappa shape index (κ3) is 4.68. The van der Waals surface area contributed by atoms with Gasteiger partial charge in [0.1, 0.15) is 10.5 Å². The number of hydrogen-bond acceptors (Lipinski definition) is 5. The van der Waals surface area contributed by atoms with E-state index in [2.05, 4.69) is 15.4 Å². The highest BCUT2D eigenvalue weighted by Gasteiger charge is 2.18. The van der Waals surface area contributed by atoms with Crippen LogP contribution in [0, 0.1) is 0 Å². The highest BCUT2D eigenvalue weighted by molar-refractivity contribution is 6.30. The molecule has 2 heterocycles. The van der Waals surface area contributed by atoms with Gasteiger partial charge in [0.2, 0.25) is 5.88 Å². The lowest BCUT2D eigenvalue weighted by atomic mass is 10.2. The first-order valence-electron chi connectivity index (χ1n) is 8.78. The number of halogens is 1. The largest absolute Gasteiger partial charge is 0.481 e. The van der Waals surface area contributed by atoms with Crippen molar-refractivity contribution >= 4 is 34.3 Å². The Kier molecular flexibility index (Phi) is 6.13. The smallest absolute Gasteiger partial charge is 0.303 e. The molecule has 27 heavy (non-hydrogen) atoms. The van der Waals surface area contributed by atoms with Crippen LogP contribution in [-0.4, -0.2) is 32.4 Å². The van der Waals surface area contributed by atoms with E-state index in [0.29, 0.717) is 43.0 Å². The molecule has 0 saturated heterocycles. The molecule has 0 aliphatic rings. The number of aliphatic carboxylic acids is 1. The van der Waals surface area contributed by atoms with Gasteiger partial charge in [0.25, 0.3) is 0 Å². The van der Waals surface area contributed by atoms with Crippen LogP contribution in [0.3, 0.4) is 0 Å². The van der Waals surface area contributed by atoms with E-state index in [9.17, 15) is 4.79 Å². The summed E-state index contributed by atoms with van der Waals surface area (Å²) in [4.78, 5) is 15.1. The molecule has 0 amide bonds. The van der Waals surface area contributed by atoms with Crippen molar-refractivity contribution in [2.75, 3.05) is 11.9 Å². The lowest BCUT2D eigenvalue weighted by Crippen LogP contribution is -2.05. The van der Waals surface area contributed by atoms with Gasteiger partial charge in [0.05, 0.1) is 12.1 Å². The van der Waals surface area contributed by atoms with Crippen molar-refractivity contribution < 1.29 is 14.6 Å². The first-order valence-corrected chi connectivity index (χ1v) is 9.15. The number of rotatable bonds is 9. The number of pyridine rings is 1. The molecular formula is C19H21ClN4O3. The zero-order valence-electron chi connectivity index (χ0n) is 15.0. The van der Waals surface area contributed by atoms with E-state index in [4.69, 9.17) is 21.4 Å². The number of aromatic nitrogens is 3. The van der Waals surface area contributed by atoms with Crippen LogP contribution in [0.25, 0.3) is 10.9 Å². The molecule has 0 aliphatic carbocycles. The highest BCUT2D eigenvalue weighted by atomic mass is 35.5. The zero-order chi connectivity index (χ0) is 19.2. The predicted octanol–water partition coefficient (Wildman–Crippen LogP) is 3.96. The maximum atomic E-state index is 10.8. The molecule has 142 valence electrons. The maximum Gasteiger partial charge on any atom is 0.303 e. The van der Waals surface area contributed by atoms with E-state index < -0.39 is 5.97 Å². The van der Waals surface area contributed by atoms with E-state index in [0.717, 1.165) is 16.5 Å². The summed E-state index contributed by atoms with van der Waals surface area (Å²) in [5.41, 5.74) is 1.88. The minimum atomic E-state index is -0.830. The quantitative estimate of drug-likeness (QED) is 0.539. The molecular weight excluding hydrogens is 368 g/mol. The molecule has 0 radical (unpaired) electrons. The predicted molar refractivity (Wildman–Crippen MR) is 104 cm³/mol. The summed E-state index contributed by atoms with van der Waals surface area (Å²) >= 11 is 6.15. The summed E-state index contributed by atoms with van der Waals surface area (Å²) in [6.07, 6.45) is 0.541. The Morgan fingerprint density at radius 1 is 1.33 bits per heavy atom. The van der Waals surface area contributed by atoms with Gasteiger partial charge in [0.15, 0.2) is 5.82 Å². The van der Waals surface area contributed by atoms with Gasteiger partial charge in [-0.3, -0.25) is 9.48 Å². The molecule has 3 aromatic rings. The van der Waals surface area contributed by atoms with Gasteiger partial charge in [-0.05, 0) is 18.9 Å². The van der Waals surface area contributed by atoms with Crippen molar-refractivity contribution in [1.82, 2.24) is 14.8 Å². The first-order chi connectivity index (χ1) is 13.1. The Morgan fingerprint density at radius 2 is 2.11 bits per heavy atom. The number of nitrogens with one attached hydrogen (secondary N) is 1. The van der Waals surface area contributed by atoms with Crippen molar-refractivity contribution in [3.05, 3.63) is 47.1 Å². The Hall–Kier alpha value is -2.80. The van der Waals surface area contributed by atoms with Crippen LogP contribution in [0.4, 0.5) is 5.82 Å².